The molecule has 2 aromatic carbocycles. The Morgan fingerprint density at radius 1 is 1.00 bits per heavy atom. The SMILES string of the molecule is COC(=O)c1cc(-c2ccc(-c3cccc(S(C)(=O)=O)c3)cn2)n(-c2ccccc2Cl)n1. The summed E-state index contributed by atoms with van der Waals surface area (Å²) in [7, 11) is -2.04. The van der Waals surface area contributed by atoms with Gasteiger partial charge in [0.1, 0.15) is 0 Å². The van der Waals surface area contributed by atoms with E-state index in [4.69, 9.17) is 16.3 Å². The van der Waals surface area contributed by atoms with E-state index >= 15 is 0 Å². The molecule has 2 aromatic heterocycles. The summed E-state index contributed by atoms with van der Waals surface area (Å²) in [4.78, 5) is 16.8. The van der Waals surface area contributed by atoms with E-state index in [0.29, 0.717) is 22.1 Å². The summed E-state index contributed by atoms with van der Waals surface area (Å²) < 4.78 is 30.1. The molecule has 0 spiro atoms. The van der Waals surface area contributed by atoms with E-state index in [1.54, 1.807) is 59.4 Å². The molecule has 0 aliphatic rings. The van der Waals surface area contributed by atoms with Crippen molar-refractivity contribution in [3.05, 3.63) is 83.6 Å². The lowest BCUT2D eigenvalue weighted by Gasteiger charge is -2.09. The fourth-order valence-corrected chi connectivity index (χ4v) is 4.08. The first-order chi connectivity index (χ1) is 15.3. The van der Waals surface area contributed by atoms with Crippen molar-refractivity contribution >= 4 is 27.4 Å². The van der Waals surface area contributed by atoms with Gasteiger partial charge in [-0.15, -0.1) is 0 Å². The molecular formula is C23H18ClN3O4S. The van der Waals surface area contributed by atoms with Crippen LogP contribution < -0.4 is 0 Å². The maximum Gasteiger partial charge on any atom is 0.358 e. The minimum atomic E-state index is -3.32. The third kappa shape index (κ3) is 4.28. The highest BCUT2D eigenvalue weighted by Crippen LogP contribution is 2.29. The third-order valence-corrected chi connectivity index (χ3v) is 6.24. The van der Waals surface area contributed by atoms with Crippen molar-refractivity contribution < 1.29 is 17.9 Å². The van der Waals surface area contributed by atoms with Crippen molar-refractivity contribution in [3.8, 4) is 28.2 Å². The minimum Gasteiger partial charge on any atom is -0.464 e. The van der Waals surface area contributed by atoms with Gasteiger partial charge in [0.15, 0.2) is 15.5 Å². The Hall–Kier alpha value is -3.49. The van der Waals surface area contributed by atoms with E-state index in [0.717, 1.165) is 11.1 Å². The van der Waals surface area contributed by atoms with Gasteiger partial charge < -0.3 is 4.74 Å². The number of carbonyl (C=O) groups is 1. The molecule has 2 heterocycles. The Balaban J connectivity index is 1.79. The predicted octanol–water partition coefficient (Wildman–Crippen LogP) is 4.44. The number of para-hydroxylation sites is 1. The van der Waals surface area contributed by atoms with Crippen molar-refractivity contribution in [1.82, 2.24) is 14.8 Å². The number of aromatic nitrogens is 3. The highest BCUT2D eigenvalue weighted by Gasteiger charge is 2.19. The number of halogens is 1. The maximum atomic E-state index is 12.1. The highest BCUT2D eigenvalue weighted by molar-refractivity contribution is 7.90. The van der Waals surface area contributed by atoms with E-state index in [1.807, 2.05) is 18.2 Å². The van der Waals surface area contributed by atoms with Gasteiger partial charge in [0.05, 0.1) is 34.1 Å². The van der Waals surface area contributed by atoms with E-state index < -0.39 is 15.8 Å². The summed E-state index contributed by atoms with van der Waals surface area (Å²) in [5.41, 5.74) is 3.28. The largest absolute Gasteiger partial charge is 0.464 e. The maximum absolute atomic E-state index is 12.1. The van der Waals surface area contributed by atoms with Crippen LogP contribution in [0.5, 0.6) is 0 Å². The molecule has 0 radical (unpaired) electrons. The number of nitrogens with zero attached hydrogens (tertiary/aromatic N) is 3. The van der Waals surface area contributed by atoms with Gasteiger partial charge >= 0.3 is 5.97 Å². The summed E-state index contributed by atoms with van der Waals surface area (Å²) in [5, 5.41) is 4.82. The number of ether oxygens (including phenoxy) is 1. The number of methoxy groups -OCH3 is 1. The summed E-state index contributed by atoms with van der Waals surface area (Å²) >= 11 is 6.35. The fourth-order valence-electron chi connectivity index (χ4n) is 3.20. The van der Waals surface area contributed by atoms with Gasteiger partial charge in [-0.05, 0) is 35.9 Å². The van der Waals surface area contributed by atoms with Crippen LogP contribution in [0.2, 0.25) is 5.02 Å². The molecule has 9 heteroatoms. The normalized spacial score (nSPS) is 11.3. The highest BCUT2D eigenvalue weighted by atomic mass is 35.5. The molecule has 0 aliphatic heterocycles. The Bertz CT molecular complexity index is 1410. The van der Waals surface area contributed by atoms with Crippen molar-refractivity contribution in [2.45, 2.75) is 4.90 Å². The van der Waals surface area contributed by atoms with E-state index in [1.165, 1.54) is 13.4 Å². The molecule has 32 heavy (non-hydrogen) atoms. The molecule has 7 nitrogen and oxygen atoms in total. The summed E-state index contributed by atoms with van der Waals surface area (Å²) in [6.45, 7) is 0. The Kier molecular flexibility index (Phi) is 5.82. The third-order valence-electron chi connectivity index (χ3n) is 4.81. The average Bonchev–Trinajstić information content (AvgIpc) is 3.24. The molecule has 0 aliphatic carbocycles. The van der Waals surface area contributed by atoms with Gasteiger partial charge in [-0.3, -0.25) is 4.98 Å². The lowest BCUT2D eigenvalue weighted by atomic mass is 10.1. The molecule has 4 aromatic rings. The number of hydrogen-bond acceptors (Lipinski definition) is 6. The zero-order valence-electron chi connectivity index (χ0n) is 17.2. The second kappa shape index (κ2) is 8.57. The molecule has 0 atom stereocenters. The van der Waals surface area contributed by atoms with Crippen LogP contribution in [0.3, 0.4) is 0 Å². The number of carbonyl (C=O) groups excluding carboxylic acids is 1. The molecule has 0 saturated heterocycles. The molecule has 0 bridgehead atoms. The molecule has 0 N–H and O–H groups in total. The number of pyridine rings is 1. The van der Waals surface area contributed by atoms with Crippen molar-refractivity contribution in [2.75, 3.05) is 13.4 Å². The summed E-state index contributed by atoms with van der Waals surface area (Å²) in [5.74, 6) is -0.578. The first-order valence-electron chi connectivity index (χ1n) is 9.48. The van der Waals surface area contributed by atoms with Crippen LogP contribution in [0.25, 0.3) is 28.2 Å². The van der Waals surface area contributed by atoms with Crippen molar-refractivity contribution in [1.29, 1.82) is 0 Å². The van der Waals surface area contributed by atoms with E-state index in [-0.39, 0.29) is 10.6 Å². The van der Waals surface area contributed by atoms with Gasteiger partial charge in [0.2, 0.25) is 0 Å². The van der Waals surface area contributed by atoms with Crippen LogP contribution in [0, 0.1) is 0 Å². The van der Waals surface area contributed by atoms with E-state index in [9.17, 15) is 13.2 Å². The minimum absolute atomic E-state index is 0.120. The zero-order valence-corrected chi connectivity index (χ0v) is 18.8. The molecule has 0 saturated carbocycles. The Morgan fingerprint density at radius 2 is 1.78 bits per heavy atom. The number of esters is 1. The number of benzene rings is 2. The second-order valence-electron chi connectivity index (χ2n) is 7.00. The quantitative estimate of drug-likeness (QED) is 0.403. The number of rotatable bonds is 5. The molecule has 162 valence electrons. The van der Waals surface area contributed by atoms with Crippen LogP contribution in [0.4, 0.5) is 0 Å². The van der Waals surface area contributed by atoms with Crippen LogP contribution in [0.15, 0.2) is 77.8 Å². The van der Waals surface area contributed by atoms with Crippen LogP contribution >= 0.6 is 11.6 Å². The summed E-state index contributed by atoms with van der Waals surface area (Å²) in [6.07, 6.45) is 2.81. The molecule has 0 amide bonds. The first-order valence-corrected chi connectivity index (χ1v) is 11.7. The predicted molar refractivity (Wildman–Crippen MR) is 122 cm³/mol. The van der Waals surface area contributed by atoms with Gasteiger partial charge in [-0.2, -0.15) is 5.10 Å². The Labute approximate surface area is 190 Å². The zero-order chi connectivity index (χ0) is 22.9. The van der Waals surface area contributed by atoms with Gasteiger partial charge in [-0.1, -0.05) is 41.9 Å². The standard InChI is InChI=1S/C23H18ClN3O4S/c1-31-23(28)20-13-22(27(26-20)21-9-4-3-8-18(21)24)19-11-10-16(14-25-19)15-6-5-7-17(12-15)32(2,29)30/h3-14H,1-2H3. The van der Waals surface area contributed by atoms with Crippen LogP contribution in [0.1, 0.15) is 10.5 Å². The summed E-state index contributed by atoms with van der Waals surface area (Å²) in [6, 6.07) is 19.0. The fraction of sp³-hybridized carbons (Fsp3) is 0.0870. The number of hydrogen-bond donors (Lipinski definition) is 0. The molecule has 0 unspecified atom stereocenters. The van der Waals surface area contributed by atoms with Gasteiger partial charge in [0.25, 0.3) is 0 Å². The first kappa shape index (κ1) is 21.7. The van der Waals surface area contributed by atoms with E-state index in [2.05, 4.69) is 10.1 Å². The Morgan fingerprint density at radius 3 is 2.44 bits per heavy atom. The average molecular weight is 468 g/mol. The number of sulfone groups is 1. The monoisotopic (exact) mass is 467 g/mol. The lowest BCUT2D eigenvalue weighted by Crippen LogP contribution is -2.05. The molecular weight excluding hydrogens is 450 g/mol. The lowest BCUT2D eigenvalue weighted by molar-refractivity contribution is 0.0593. The molecule has 0 fully saturated rings. The molecule has 4 rings (SSSR count). The van der Waals surface area contributed by atoms with Gasteiger partial charge in [-0.25, -0.2) is 17.9 Å². The second-order valence-corrected chi connectivity index (χ2v) is 9.42. The smallest absolute Gasteiger partial charge is 0.358 e. The topological polar surface area (TPSA) is 91.2 Å². The van der Waals surface area contributed by atoms with Crippen molar-refractivity contribution in [3.63, 3.8) is 0 Å². The van der Waals surface area contributed by atoms with Crippen LogP contribution in [-0.2, 0) is 14.6 Å². The van der Waals surface area contributed by atoms with Crippen molar-refractivity contribution in [2.24, 2.45) is 0 Å². The van der Waals surface area contributed by atoms with Gasteiger partial charge in [0, 0.05) is 24.1 Å². The van der Waals surface area contributed by atoms with Crippen LogP contribution in [-0.4, -0.2) is 42.5 Å².